The highest BCUT2D eigenvalue weighted by molar-refractivity contribution is 14.0. The van der Waals surface area contributed by atoms with E-state index in [0.29, 0.717) is 58.4 Å². The van der Waals surface area contributed by atoms with Crippen molar-refractivity contribution in [3.05, 3.63) is 29.3 Å². The monoisotopic (exact) mass is 570 g/mol. The van der Waals surface area contributed by atoms with Crippen LogP contribution >= 0.6 is 24.0 Å². The summed E-state index contributed by atoms with van der Waals surface area (Å²) in [7, 11) is -3.16. The lowest BCUT2D eigenvalue weighted by atomic mass is 10.1. The van der Waals surface area contributed by atoms with Crippen molar-refractivity contribution in [2.24, 2.45) is 4.99 Å². The van der Waals surface area contributed by atoms with Crippen LogP contribution in [0.5, 0.6) is 5.75 Å². The van der Waals surface area contributed by atoms with Crippen molar-refractivity contribution in [1.82, 2.24) is 14.9 Å². The van der Waals surface area contributed by atoms with E-state index in [-0.39, 0.29) is 24.0 Å². The van der Waals surface area contributed by atoms with Crippen LogP contribution in [0.15, 0.2) is 23.2 Å². The highest BCUT2D eigenvalue weighted by atomic mass is 127. The average Bonchev–Trinajstić information content (AvgIpc) is 2.69. The highest BCUT2D eigenvalue weighted by Gasteiger charge is 2.13. The maximum Gasteiger partial charge on any atom is 0.211 e. The SMILES string of the molecule is CCNC(=NCc1ccc(C)cc1OCCOCC)NCCCN(CC)S(C)(=O)=O.I. The lowest BCUT2D eigenvalue weighted by molar-refractivity contribution is 0.110. The van der Waals surface area contributed by atoms with Gasteiger partial charge in [0.1, 0.15) is 12.4 Å². The summed E-state index contributed by atoms with van der Waals surface area (Å²) < 4.78 is 36.0. The molecule has 0 fully saturated rings. The standard InChI is InChI=1S/C21H38N4O4S.HI/c1-6-22-21(23-12-9-13-25(7-2)30(5,26)27)24-17-19-11-10-18(4)16-20(19)29-15-14-28-8-3;/h10-11,16H,6-9,12-15,17H2,1-5H3,(H2,22,23,24);1H. The molecule has 0 heterocycles. The smallest absolute Gasteiger partial charge is 0.211 e. The first kappa shape index (κ1) is 29.9. The van der Waals surface area contributed by atoms with Gasteiger partial charge in [0.2, 0.25) is 10.0 Å². The fourth-order valence-corrected chi connectivity index (χ4v) is 3.74. The van der Waals surface area contributed by atoms with Crippen LogP contribution in [0.1, 0.15) is 38.3 Å². The molecule has 0 aliphatic carbocycles. The summed E-state index contributed by atoms with van der Waals surface area (Å²) in [6, 6.07) is 6.09. The topological polar surface area (TPSA) is 92.3 Å². The quantitative estimate of drug-likeness (QED) is 0.155. The van der Waals surface area contributed by atoms with Gasteiger partial charge in [-0.25, -0.2) is 17.7 Å². The van der Waals surface area contributed by atoms with Gasteiger partial charge in [0, 0.05) is 38.3 Å². The van der Waals surface area contributed by atoms with Crippen LogP contribution < -0.4 is 15.4 Å². The molecule has 0 saturated heterocycles. The average molecular weight is 571 g/mol. The van der Waals surface area contributed by atoms with Crippen molar-refractivity contribution < 1.29 is 17.9 Å². The number of ether oxygens (including phenoxy) is 2. The Morgan fingerprint density at radius 2 is 1.90 bits per heavy atom. The number of hydrogen-bond donors (Lipinski definition) is 2. The molecule has 0 aliphatic rings. The largest absolute Gasteiger partial charge is 0.491 e. The maximum atomic E-state index is 11.7. The maximum absolute atomic E-state index is 11.7. The van der Waals surface area contributed by atoms with E-state index >= 15 is 0 Å². The Hall–Kier alpha value is -1.11. The number of halogens is 1. The molecule has 1 aromatic rings. The minimum absolute atomic E-state index is 0. The number of sulfonamides is 1. The van der Waals surface area contributed by atoms with Crippen LogP contribution in [0.2, 0.25) is 0 Å². The molecule has 0 unspecified atom stereocenters. The first-order valence-electron chi connectivity index (χ1n) is 10.6. The number of hydrogen-bond acceptors (Lipinski definition) is 5. The molecule has 0 amide bonds. The molecule has 0 saturated carbocycles. The first-order valence-corrected chi connectivity index (χ1v) is 12.4. The van der Waals surface area contributed by atoms with E-state index in [0.717, 1.165) is 23.4 Å². The third-order valence-corrected chi connectivity index (χ3v) is 5.74. The molecule has 31 heavy (non-hydrogen) atoms. The molecule has 0 atom stereocenters. The van der Waals surface area contributed by atoms with Crippen molar-refractivity contribution in [2.45, 2.75) is 40.7 Å². The lowest BCUT2D eigenvalue weighted by Gasteiger charge is -2.18. The Bertz CT molecular complexity index is 760. The zero-order valence-electron chi connectivity index (χ0n) is 19.4. The van der Waals surface area contributed by atoms with Gasteiger partial charge in [0.25, 0.3) is 0 Å². The lowest BCUT2D eigenvalue weighted by Crippen LogP contribution is -2.39. The van der Waals surface area contributed by atoms with Crippen LogP contribution in [0.25, 0.3) is 0 Å². The molecule has 1 rings (SSSR count). The summed E-state index contributed by atoms with van der Waals surface area (Å²) in [6.45, 7) is 12.4. The van der Waals surface area contributed by atoms with Gasteiger partial charge in [0.05, 0.1) is 19.4 Å². The van der Waals surface area contributed by atoms with Gasteiger partial charge in [-0.15, -0.1) is 24.0 Å². The van der Waals surface area contributed by atoms with Crippen LogP contribution in [-0.2, 0) is 21.3 Å². The summed E-state index contributed by atoms with van der Waals surface area (Å²) in [5.41, 5.74) is 2.13. The number of nitrogens with one attached hydrogen (secondary N) is 2. The second-order valence-electron chi connectivity index (χ2n) is 6.89. The van der Waals surface area contributed by atoms with Crippen LogP contribution in [0.4, 0.5) is 0 Å². The second-order valence-corrected chi connectivity index (χ2v) is 8.87. The van der Waals surface area contributed by atoms with Crippen LogP contribution in [-0.4, -0.2) is 70.9 Å². The van der Waals surface area contributed by atoms with Gasteiger partial charge in [-0.1, -0.05) is 19.1 Å². The molecule has 0 radical (unpaired) electrons. The first-order chi connectivity index (χ1) is 14.3. The van der Waals surface area contributed by atoms with Gasteiger partial charge in [0.15, 0.2) is 5.96 Å². The highest BCUT2D eigenvalue weighted by Crippen LogP contribution is 2.21. The van der Waals surface area contributed by atoms with Gasteiger partial charge >= 0.3 is 0 Å². The minimum Gasteiger partial charge on any atom is -0.491 e. The Morgan fingerprint density at radius 1 is 1.16 bits per heavy atom. The summed E-state index contributed by atoms with van der Waals surface area (Å²) in [6.07, 6.45) is 1.94. The Balaban J connectivity index is 0.00000900. The van der Waals surface area contributed by atoms with Crippen molar-refractivity contribution in [1.29, 1.82) is 0 Å². The van der Waals surface area contributed by atoms with Crippen molar-refractivity contribution in [2.75, 3.05) is 52.3 Å². The summed E-state index contributed by atoms with van der Waals surface area (Å²) in [5, 5.41) is 6.49. The van der Waals surface area contributed by atoms with E-state index in [2.05, 4.69) is 15.6 Å². The third-order valence-electron chi connectivity index (χ3n) is 4.36. The molecule has 0 aromatic heterocycles. The summed E-state index contributed by atoms with van der Waals surface area (Å²) >= 11 is 0. The predicted octanol–water partition coefficient (Wildman–Crippen LogP) is 2.76. The van der Waals surface area contributed by atoms with Gasteiger partial charge in [-0.3, -0.25) is 0 Å². The number of guanidine groups is 1. The predicted molar refractivity (Wildman–Crippen MR) is 138 cm³/mol. The zero-order chi connectivity index (χ0) is 22.4. The van der Waals surface area contributed by atoms with Crippen LogP contribution in [0, 0.1) is 6.92 Å². The van der Waals surface area contributed by atoms with E-state index in [1.165, 1.54) is 10.6 Å². The second kappa shape index (κ2) is 16.5. The molecular formula is C21H39IN4O4S. The van der Waals surface area contributed by atoms with Crippen LogP contribution in [0.3, 0.4) is 0 Å². The minimum atomic E-state index is -3.16. The Kier molecular flexibility index (Phi) is 15.9. The fourth-order valence-electron chi connectivity index (χ4n) is 2.81. The molecule has 10 heteroatoms. The molecule has 180 valence electrons. The molecule has 0 spiro atoms. The molecule has 2 N–H and O–H groups in total. The van der Waals surface area contributed by atoms with Crippen molar-refractivity contribution in [3.63, 3.8) is 0 Å². The summed E-state index contributed by atoms with van der Waals surface area (Å²) in [4.78, 5) is 4.66. The van der Waals surface area contributed by atoms with Gasteiger partial charge in [-0.05, 0) is 38.8 Å². The third kappa shape index (κ3) is 12.5. The van der Waals surface area contributed by atoms with E-state index in [4.69, 9.17) is 9.47 Å². The number of nitrogens with zero attached hydrogens (tertiary/aromatic N) is 2. The normalized spacial score (nSPS) is 11.9. The van der Waals surface area contributed by atoms with Crippen molar-refractivity contribution in [3.8, 4) is 5.75 Å². The Labute approximate surface area is 205 Å². The van der Waals surface area contributed by atoms with E-state index in [9.17, 15) is 8.42 Å². The van der Waals surface area contributed by atoms with E-state index in [1.54, 1.807) is 0 Å². The number of aryl methyl sites for hydroxylation is 1. The molecule has 0 bridgehead atoms. The van der Waals surface area contributed by atoms with E-state index < -0.39 is 10.0 Å². The molecular weight excluding hydrogens is 531 g/mol. The summed E-state index contributed by atoms with van der Waals surface area (Å²) in [5.74, 6) is 1.52. The zero-order valence-corrected chi connectivity index (χ0v) is 22.6. The number of aliphatic imine (C=N–C) groups is 1. The number of rotatable bonds is 14. The molecule has 1 aromatic carbocycles. The number of benzene rings is 1. The molecule has 8 nitrogen and oxygen atoms in total. The fraction of sp³-hybridized carbons (Fsp3) is 0.667. The van der Waals surface area contributed by atoms with Gasteiger partial charge in [-0.2, -0.15) is 0 Å². The van der Waals surface area contributed by atoms with Gasteiger partial charge < -0.3 is 20.1 Å². The van der Waals surface area contributed by atoms with Crippen molar-refractivity contribution >= 4 is 40.0 Å². The van der Waals surface area contributed by atoms with E-state index in [1.807, 2.05) is 45.9 Å². The molecule has 0 aliphatic heterocycles. The Morgan fingerprint density at radius 3 is 2.52 bits per heavy atom.